The first-order valence-electron chi connectivity index (χ1n) is 10.2. The molecule has 25 heavy (non-hydrogen) atoms. The molecule has 5 nitrogen and oxygen atoms in total. The third kappa shape index (κ3) is 19.1. The summed E-state index contributed by atoms with van der Waals surface area (Å²) in [6.07, 6.45) is 8.89. The first kappa shape index (κ1) is 23.9. The molecular weight excluding hydrogens is 314 g/mol. The monoisotopic (exact) mass is 355 g/mol. The van der Waals surface area contributed by atoms with Crippen LogP contribution < -0.4 is 16.0 Å². The van der Waals surface area contributed by atoms with Crippen molar-refractivity contribution in [3.63, 3.8) is 0 Å². The summed E-state index contributed by atoms with van der Waals surface area (Å²) in [5.41, 5.74) is 0. The lowest BCUT2D eigenvalue weighted by molar-refractivity contribution is -0.122. The van der Waals surface area contributed by atoms with Gasteiger partial charge < -0.3 is 16.0 Å². The van der Waals surface area contributed by atoms with Crippen molar-refractivity contribution in [1.29, 1.82) is 0 Å². The number of rotatable bonds is 16. The van der Waals surface area contributed by atoms with Gasteiger partial charge in [-0.15, -0.1) is 0 Å². The molecule has 0 aliphatic rings. The molecule has 0 unspecified atom stereocenters. The summed E-state index contributed by atoms with van der Waals surface area (Å²) in [6, 6.07) is 0.506. The molecule has 0 spiro atoms. The third-order valence-electron chi connectivity index (χ3n) is 3.97. The Balaban J connectivity index is 3.27. The maximum atomic E-state index is 11.7. The molecule has 0 aromatic carbocycles. The average Bonchev–Trinajstić information content (AvgIpc) is 2.51. The van der Waals surface area contributed by atoms with Crippen molar-refractivity contribution in [2.75, 3.05) is 19.6 Å². The highest BCUT2D eigenvalue weighted by Gasteiger charge is 2.03. The van der Waals surface area contributed by atoms with Crippen LogP contribution >= 0.6 is 0 Å². The molecule has 0 rings (SSSR count). The number of carbonyl (C=O) groups excluding carboxylic acids is 2. The fourth-order valence-electron chi connectivity index (χ4n) is 2.58. The molecule has 0 fully saturated rings. The highest BCUT2D eigenvalue weighted by molar-refractivity contribution is 5.76. The second-order valence-corrected chi connectivity index (χ2v) is 7.63. The molecular formula is C20H41N3O2. The van der Waals surface area contributed by atoms with Gasteiger partial charge in [-0.2, -0.15) is 0 Å². The number of hydrogen-bond donors (Lipinski definition) is 3. The summed E-state index contributed by atoms with van der Waals surface area (Å²) in [5, 5.41) is 9.29. The van der Waals surface area contributed by atoms with Crippen LogP contribution in [0.15, 0.2) is 0 Å². The molecule has 0 aromatic rings. The van der Waals surface area contributed by atoms with E-state index in [2.05, 4.69) is 43.6 Å². The van der Waals surface area contributed by atoms with Crippen LogP contribution in [0.5, 0.6) is 0 Å². The van der Waals surface area contributed by atoms with Crippen LogP contribution in [-0.2, 0) is 9.59 Å². The molecule has 0 saturated carbocycles. The van der Waals surface area contributed by atoms with E-state index in [0.29, 0.717) is 24.8 Å². The minimum absolute atomic E-state index is 0.168. The van der Waals surface area contributed by atoms with Crippen LogP contribution in [0.4, 0.5) is 0 Å². The Labute approximate surface area is 155 Å². The highest BCUT2D eigenvalue weighted by Crippen LogP contribution is 2.07. The molecule has 0 bridgehead atoms. The van der Waals surface area contributed by atoms with Gasteiger partial charge in [-0.3, -0.25) is 9.59 Å². The lowest BCUT2D eigenvalue weighted by atomic mass is 10.1. The largest absolute Gasteiger partial charge is 0.356 e. The van der Waals surface area contributed by atoms with E-state index in [1.807, 2.05) is 0 Å². The summed E-state index contributed by atoms with van der Waals surface area (Å²) in [5.74, 6) is 0.771. The van der Waals surface area contributed by atoms with Gasteiger partial charge in [0.1, 0.15) is 0 Å². The van der Waals surface area contributed by atoms with Crippen LogP contribution in [-0.4, -0.2) is 37.5 Å². The van der Waals surface area contributed by atoms with E-state index in [9.17, 15) is 9.59 Å². The van der Waals surface area contributed by atoms with E-state index in [4.69, 9.17) is 0 Å². The van der Waals surface area contributed by atoms with Crippen molar-refractivity contribution in [3.05, 3.63) is 0 Å². The van der Waals surface area contributed by atoms with E-state index < -0.39 is 0 Å². The standard InChI is InChI=1S/C20H41N3O2/c1-17(2)16-20(25)23-13-10-8-6-5-7-9-12-19(24)22-15-11-14-21-18(3)4/h17-18,21H,5-16H2,1-4H3,(H,22,24)(H,23,25). The van der Waals surface area contributed by atoms with E-state index in [-0.39, 0.29) is 11.8 Å². The number of hydrogen-bond acceptors (Lipinski definition) is 3. The number of nitrogens with one attached hydrogen (secondary N) is 3. The molecule has 0 saturated heterocycles. The minimum Gasteiger partial charge on any atom is -0.356 e. The maximum absolute atomic E-state index is 11.7. The van der Waals surface area contributed by atoms with Gasteiger partial charge in [0.25, 0.3) is 0 Å². The van der Waals surface area contributed by atoms with Crippen LogP contribution in [0.3, 0.4) is 0 Å². The van der Waals surface area contributed by atoms with Crippen molar-refractivity contribution in [2.45, 2.75) is 91.5 Å². The topological polar surface area (TPSA) is 70.2 Å². The smallest absolute Gasteiger partial charge is 0.220 e. The second-order valence-electron chi connectivity index (χ2n) is 7.63. The fourth-order valence-corrected chi connectivity index (χ4v) is 2.58. The molecule has 0 radical (unpaired) electrons. The third-order valence-corrected chi connectivity index (χ3v) is 3.97. The van der Waals surface area contributed by atoms with Crippen LogP contribution in [0.2, 0.25) is 0 Å². The number of carbonyl (C=O) groups is 2. The lowest BCUT2D eigenvalue weighted by Gasteiger charge is -2.08. The summed E-state index contributed by atoms with van der Waals surface area (Å²) >= 11 is 0. The molecule has 0 aromatic heterocycles. The van der Waals surface area contributed by atoms with Gasteiger partial charge in [-0.05, 0) is 31.7 Å². The van der Waals surface area contributed by atoms with Crippen LogP contribution in [0, 0.1) is 5.92 Å². The van der Waals surface area contributed by atoms with Gasteiger partial charge in [-0.25, -0.2) is 0 Å². The van der Waals surface area contributed by atoms with Crippen molar-refractivity contribution in [1.82, 2.24) is 16.0 Å². The Morgan fingerprint density at radius 3 is 1.88 bits per heavy atom. The predicted molar refractivity (Wildman–Crippen MR) is 106 cm³/mol. The first-order chi connectivity index (χ1) is 11.9. The van der Waals surface area contributed by atoms with Gasteiger partial charge in [0.05, 0.1) is 0 Å². The van der Waals surface area contributed by atoms with Gasteiger partial charge >= 0.3 is 0 Å². The molecule has 0 atom stereocenters. The quantitative estimate of drug-likeness (QED) is 0.372. The van der Waals surface area contributed by atoms with E-state index in [1.54, 1.807) is 0 Å². The molecule has 0 aliphatic heterocycles. The minimum atomic E-state index is 0.168. The Morgan fingerprint density at radius 2 is 1.24 bits per heavy atom. The van der Waals surface area contributed by atoms with E-state index >= 15 is 0 Å². The summed E-state index contributed by atoms with van der Waals surface area (Å²) in [7, 11) is 0. The number of unbranched alkanes of at least 4 members (excludes halogenated alkanes) is 5. The Bertz CT molecular complexity index is 344. The zero-order valence-electron chi connectivity index (χ0n) is 17.0. The normalized spacial score (nSPS) is 11.1. The Morgan fingerprint density at radius 1 is 0.680 bits per heavy atom. The fraction of sp³-hybridized carbons (Fsp3) is 0.900. The summed E-state index contributed by atoms with van der Waals surface area (Å²) < 4.78 is 0. The van der Waals surface area contributed by atoms with Crippen LogP contribution in [0.1, 0.15) is 85.5 Å². The van der Waals surface area contributed by atoms with Crippen molar-refractivity contribution in [2.24, 2.45) is 5.92 Å². The van der Waals surface area contributed by atoms with Gasteiger partial charge in [0, 0.05) is 32.0 Å². The van der Waals surface area contributed by atoms with Crippen LogP contribution in [0.25, 0.3) is 0 Å². The van der Waals surface area contributed by atoms with E-state index in [0.717, 1.165) is 51.7 Å². The zero-order chi connectivity index (χ0) is 18.9. The van der Waals surface area contributed by atoms with Crippen molar-refractivity contribution in [3.8, 4) is 0 Å². The molecule has 0 heterocycles. The molecule has 2 amide bonds. The second kappa shape index (κ2) is 16.4. The molecule has 148 valence electrons. The Hall–Kier alpha value is -1.10. The zero-order valence-corrected chi connectivity index (χ0v) is 17.0. The number of amides is 2. The first-order valence-corrected chi connectivity index (χ1v) is 10.2. The summed E-state index contributed by atoms with van der Waals surface area (Å²) in [6.45, 7) is 10.9. The van der Waals surface area contributed by atoms with Gasteiger partial charge in [-0.1, -0.05) is 53.4 Å². The molecule has 0 aliphatic carbocycles. The van der Waals surface area contributed by atoms with Crippen molar-refractivity contribution >= 4 is 11.8 Å². The predicted octanol–water partition coefficient (Wildman–Crippen LogP) is 3.38. The Kier molecular flexibility index (Phi) is 15.7. The molecule has 5 heteroatoms. The molecule has 3 N–H and O–H groups in total. The lowest BCUT2D eigenvalue weighted by Crippen LogP contribution is -2.29. The highest BCUT2D eigenvalue weighted by atomic mass is 16.2. The van der Waals surface area contributed by atoms with Gasteiger partial charge in [0.15, 0.2) is 0 Å². The maximum Gasteiger partial charge on any atom is 0.220 e. The average molecular weight is 356 g/mol. The van der Waals surface area contributed by atoms with Gasteiger partial charge in [0.2, 0.25) is 11.8 Å². The summed E-state index contributed by atoms with van der Waals surface area (Å²) in [4.78, 5) is 23.2. The SMILES string of the molecule is CC(C)CC(=O)NCCCCCCCCC(=O)NCCCNC(C)C. The van der Waals surface area contributed by atoms with E-state index in [1.165, 1.54) is 12.8 Å². The van der Waals surface area contributed by atoms with Crippen molar-refractivity contribution < 1.29 is 9.59 Å².